The van der Waals surface area contributed by atoms with Crippen molar-refractivity contribution < 1.29 is 22.9 Å². The molecule has 0 aliphatic carbocycles. The number of nitro groups is 1. The molecule has 0 unspecified atom stereocenters. The van der Waals surface area contributed by atoms with Gasteiger partial charge in [-0.1, -0.05) is 0 Å². The number of anilines is 1. The number of amides is 1. The second-order valence-electron chi connectivity index (χ2n) is 6.60. The molecule has 0 bridgehead atoms. The van der Waals surface area contributed by atoms with Crippen LogP contribution in [0.5, 0.6) is 0 Å². The maximum atomic E-state index is 12.7. The van der Waals surface area contributed by atoms with E-state index in [0.29, 0.717) is 11.6 Å². The molecule has 3 rings (SSSR count). The van der Waals surface area contributed by atoms with Crippen LogP contribution in [0.4, 0.5) is 24.5 Å². The maximum Gasteiger partial charge on any atom is 0.416 e. The van der Waals surface area contributed by atoms with E-state index < -0.39 is 22.4 Å². The van der Waals surface area contributed by atoms with Gasteiger partial charge in [-0.25, -0.2) is 4.68 Å². The monoisotopic (exact) mass is 433 g/mol. The first-order valence-electron chi connectivity index (χ1n) is 9.15. The van der Waals surface area contributed by atoms with Crippen LogP contribution in [0.2, 0.25) is 0 Å². The number of aryl methyl sites for hydroxylation is 1. The molecule has 0 atom stereocenters. The van der Waals surface area contributed by atoms with E-state index in [2.05, 4.69) is 15.7 Å². The number of carbonyl (C=O) groups is 1. The van der Waals surface area contributed by atoms with Gasteiger partial charge in [0.05, 0.1) is 16.2 Å². The van der Waals surface area contributed by atoms with E-state index >= 15 is 0 Å². The van der Waals surface area contributed by atoms with Crippen molar-refractivity contribution in [3.05, 3.63) is 81.7 Å². The Hall–Kier alpha value is -3.89. The van der Waals surface area contributed by atoms with E-state index in [9.17, 15) is 28.1 Å². The number of carbonyl (C=O) groups excluding carboxylic acids is 1. The van der Waals surface area contributed by atoms with Crippen LogP contribution < -0.4 is 10.6 Å². The first kappa shape index (κ1) is 21.8. The number of halogens is 3. The van der Waals surface area contributed by atoms with Gasteiger partial charge in [0, 0.05) is 36.6 Å². The molecule has 0 saturated heterocycles. The molecule has 0 aliphatic rings. The summed E-state index contributed by atoms with van der Waals surface area (Å²) < 4.78 is 40.0. The van der Waals surface area contributed by atoms with Gasteiger partial charge in [-0.3, -0.25) is 14.9 Å². The maximum absolute atomic E-state index is 12.7. The highest BCUT2D eigenvalue weighted by Gasteiger charge is 2.33. The highest BCUT2D eigenvalue weighted by Crippen LogP contribution is 2.34. The van der Waals surface area contributed by atoms with Crippen LogP contribution in [-0.4, -0.2) is 33.7 Å². The number of rotatable bonds is 7. The van der Waals surface area contributed by atoms with Gasteiger partial charge in [-0.15, -0.1) is 0 Å². The zero-order chi connectivity index (χ0) is 22.6. The van der Waals surface area contributed by atoms with Crippen molar-refractivity contribution >= 4 is 17.3 Å². The first-order chi connectivity index (χ1) is 14.7. The third-order valence-corrected chi connectivity index (χ3v) is 4.45. The molecule has 3 aromatic rings. The molecule has 0 saturated carbocycles. The van der Waals surface area contributed by atoms with Crippen LogP contribution >= 0.6 is 0 Å². The van der Waals surface area contributed by atoms with Crippen molar-refractivity contribution in [2.45, 2.75) is 13.1 Å². The summed E-state index contributed by atoms with van der Waals surface area (Å²) >= 11 is 0. The fraction of sp³-hybridized carbons (Fsp3) is 0.200. The van der Waals surface area contributed by atoms with E-state index in [4.69, 9.17) is 0 Å². The van der Waals surface area contributed by atoms with Gasteiger partial charge in [0.2, 0.25) is 0 Å². The smallest absolute Gasteiger partial charge is 0.378 e. The predicted molar refractivity (Wildman–Crippen MR) is 107 cm³/mol. The second-order valence-corrected chi connectivity index (χ2v) is 6.60. The molecular weight excluding hydrogens is 415 g/mol. The molecule has 162 valence electrons. The molecule has 1 heterocycles. The summed E-state index contributed by atoms with van der Waals surface area (Å²) in [7, 11) is 0. The summed E-state index contributed by atoms with van der Waals surface area (Å²) in [6, 6.07) is 10.9. The molecule has 0 spiro atoms. The molecule has 31 heavy (non-hydrogen) atoms. The van der Waals surface area contributed by atoms with Crippen molar-refractivity contribution in [1.29, 1.82) is 0 Å². The van der Waals surface area contributed by atoms with Gasteiger partial charge in [-0.2, -0.15) is 18.3 Å². The molecule has 0 aliphatic heterocycles. The largest absolute Gasteiger partial charge is 0.416 e. The highest BCUT2D eigenvalue weighted by atomic mass is 19.4. The van der Waals surface area contributed by atoms with E-state index in [-0.39, 0.29) is 24.7 Å². The molecule has 8 nitrogen and oxygen atoms in total. The Morgan fingerprint density at radius 2 is 1.84 bits per heavy atom. The number of nitro benzene ring substituents is 1. The predicted octanol–water partition coefficient (Wildman–Crippen LogP) is 3.95. The quantitative estimate of drug-likeness (QED) is 0.334. The minimum Gasteiger partial charge on any atom is -0.378 e. The minimum absolute atomic E-state index is 0.0637. The van der Waals surface area contributed by atoms with Crippen LogP contribution in [0.1, 0.15) is 21.6 Å². The van der Waals surface area contributed by atoms with Crippen molar-refractivity contribution in [2.24, 2.45) is 0 Å². The van der Waals surface area contributed by atoms with Crippen molar-refractivity contribution in [1.82, 2.24) is 15.1 Å². The van der Waals surface area contributed by atoms with Gasteiger partial charge in [-0.05, 0) is 49.4 Å². The summed E-state index contributed by atoms with van der Waals surface area (Å²) in [5.74, 6) is -0.354. The molecule has 2 aromatic carbocycles. The Bertz CT molecular complexity index is 1090. The summed E-state index contributed by atoms with van der Waals surface area (Å²) in [5.41, 5.74) is 0.300. The summed E-state index contributed by atoms with van der Waals surface area (Å²) in [5, 5.41) is 20.6. The van der Waals surface area contributed by atoms with Crippen LogP contribution in [-0.2, 0) is 6.18 Å². The molecular formula is C20H18F3N5O3. The minimum atomic E-state index is -4.68. The summed E-state index contributed by atoms with van der Waals surface area (Å²) in [4.78, 5) is 22.4. The zero-order valence-electron chi connectivity index (χ0n) is 16.3. The van der Waals surface area contributed by atoms with E-state index in [1.807, 2.05) is 13.0 Å². The van der Waals surface area contributed by atoms with Crippen LogP contribution in [0.25, 0.3) is 5.69 Å². The lowest BCUT2D eigenvalue weighted by atomic mass is 10.1. The number of nitrogens with one attached hydrogen (secondary N) is 2. The molecule has 0 fully saturated rings. The number of benzene rings is 2. The van der Waals surface area contributed by atoms with Gasteiger partial charge in [0.1, 0.15) is 5.69 Å². The lowest BCUT2D eigenvalue weighted by Crippen LogP contribution is -2.28. The van der Waals surface area contributed by atoms with Crippen LogP contribution in [0.15, 0.2) is 54.7 Å². The average molecular weight is 433 g/mol. The van der Waals surface area contributed by atoms with Crippen LogP contribution in [0, 0.1) is 17.0 Å². The lowest BCUT2D eigenvalue weighted by Gasteiger charge is -2.11. The van der Waals surface area contributed by atoms with Gasteiger partial charge in [0.25, 0.3) is 11.6 Å². The van der Waals surface area contributed by atoms with E-state index in [1.54, 1.807) is 35.1 Å². The Morgan fingerprint density at radius 3 is 2.42 bits per heavy atom. The van der Waals surface area contributed by atoms with E-state index in [1.165, 1.54) is 0 Å². The number of aromatic nitrogens is 2. The third-order valence-electron chi connectivity index (χ3n) is 4.45. The molecule has 0 radical (unpaired) electrons. The molecule has 1 amide bonds. The fourth-order valence-electron chi connectivity index (χ4n) is 2.88. The van der Waals surface area contributed by atoms with Gasteiger partial charge in [0.15, 0.2) is 0 Å². The molecule has 1 aromatic heterocycles. The van der Waals surface area contributed by atoms with Gasteiger partial charge >= 0.3 is 6.18 Å². The fourth-order valence-corrected chi connectivity index (χ4v) is 2.88. The first-order valence-corrected chi connectivity index (χ1v) is 9.15. The lowest BCUT2D eigenvalue weighted by molar-refractivity contribution is -0.384. The van der Waals surface area contributed by atoms with Crippen molar-refractivity contribution in [2.75, 3.05) is 18.4 Å². The van der Waals surface area contributed by atoms with Crippen molar-refractivity contribution in [3.8, 4) is 5.69 Å². The van der Waals surface area contributed by atoms with Crippen molar-refractivity contribution in [3.63, 3.8) is 0 Å². The summed E-state index contributed by atoms with van der Waals surface area (Å²) in [6.45, 7) is 2.10. The summed E-state index contributed by atoms with van der Waals surface area (Å²) in [6.07, 6.45) is -3.01. The Morgan fingerprint density at radius 1 is 1.13 bits per heavy atom. The molecule has 2 N–H and O–H groups in total. The number of alkyl halides is 3. The normalized spacial score (nSPS) is 11.2. The number of nitrogens with zero attached hydrogens (tertiary/aromatic N) is 3. The average Bonchev–Trinajstić information content (AvgIpc) is 3.16. The van der Waals surface area contributed by atoms with Gasteiger partial charge < -0.3 is 10.6 Å². The highest BCUT2D eigenvalue weighted by molar-refractivity contribution is 5.94. The third kappa shape index (κ3) is 5.18. The standard InChI is InChI=1S/C20H18F3N5O3/c1-13-8-9-26-27(13)16-5-2-14(3-6-16)19(29)25-11-10-24-17-7-4-15(20(21,22)23)12-18(17)28(30)31/h2-9,12,24H,10-11H2,1H3,(H,25,29). The zero-order valence-corrected chi connectivity index (χ0v) is 16.3. The van der Waals surface area contributed by atoms with E-state index in [0.717, 1.165) is 23.5 Å². The molecule has 11 heteroatoms. The van der Waals surface area contributed by atoms with Crippen LogP contribution in [0.3, 0.4) is 0 Å². The number of hydrogen-bond donors (Lipinski definition) is 2. The SMILES string of the molecule is Cc1ccnn1-c1ccc(C(=O)NCCNc2ccc(C(F)(F)F)cc2[N+](=O)[O-])cc1. The number of hydrogen-bond acceptors (Lipinski definition) is 5. The topological polar surface area (TPSA) is 102 Å². The Balaban J connectivity index is 1.56. The Labute approximate surface area is 174 Å². The Kier molecular flexibility index (Phi) is 6.23. The second kappa shape index (κ2) is 8.86.